The van der Waals surface area contributed by atoms with E-state index in [1.807, 2.05) is 24.3 Å². The molecule has 1 atom stereocenters. The molecule has 1 unspecified atom stereocenters. The molecule has 0 fully saturated rings. The summed E-state index contributed by atoms with van der Waals surface area (Å²) >= 11 is 0. The Morgan fingerprint density at radius 3 is 2.41 bits per heavy atom. The van der Waals surface area contributed by atoms with E-state index in [-0.39, 0.29) is 4.90 Å². The van der Waals surface area contributed by atoms with Gasteiger partial charge in [-0.2, -0.15) is 4.72 Å². The highest BCUT2D eigenvalue weighted by atomic mass is 32.2. The van der Waals surface area contributed by atoms with Crippen LogP contribution in [0.25, 0.3) is 10.8 Å². The zero-order chi connectivity index (χ0) is 12.5. The lowest BCUT2D eigenvalue weighted by atomic mass is 10.1. The fourth-order valence-corrected chi connectivity index (χ4v) is 2.80. The molecule has 0 aliphatic carbocycles. The summed E-state index contributed by atoms with van der Waals surface area (Å²) < 4.78 is 26.1. The van der Waals surface area contributed by atoms with Crippen molar-refractivity contribution in [2.24, 2.45) is 5.73 Å². The summed E-state index contributed by atoms with van der Waals surface area (Å²) in [6, 6.07) is 12.6. The van der Waals surface area contributed by atoms with Crippen LogP contribution in [-0.4, -0.2) is 14.6 Å². The summed E-state index contributed by atoms with van der Waals surface area (Å²) in [5.74, 6) is 0. The molecule has 90 valence electrons. The van der Waals surface area contributed by atoms with Crippen LogP contribution in [0.5, 0.6) is 0 Å². The average molecular weight is 250 g/mol. The summed E-state index contributed by atoms with van der Waals surface area (Å²) in [5.41, 5.74) is 5.44. The monoisotopic (exact) mass is 250 g/mol. The molecule has 17 heavy (non-hydrogen) atoms. The minimum Gasteiger partial charge on any atom is -0.315 e. The number of sulfonamides is 1. The summed E-state index contributed by atoms with van der Waals surface area (Å²) in [6.07, 6.45) is -0.605. The first-order chi connectivity index (χ1) is 7.99. The van der Waals surface area contributed by atoms with E-state index in [1.165, 1.54) is 0 Å². The Balaban J connectivity index is 2.50. The average Bonchev–Trinajstić information content (AvgIpc) is 2.26. The molecule has 0 aliphatic rings. The first kappa shape index (κ1) is 12.0. The highest BCUT2D eigenvalue weighted by Crippen LogP contribution is 2.18. The van der Waals surface area contributed by atoms with Crippen molar-refractivity contribution in [3.63, 3.8) is 0 Å². The number of fused-ring (bicyclic) bond motifs is 1. The van der Waals surface area contributed by atoms with E-state index in [9.17, 15) is 8.42 Å². The van der Waals surface area contributed by atoms with Crippen LogP contribution in [0.3, 0.4) is 0 Å². The van der Waals surface area contributed by atoms with Gasteiger partial charge in [0.15, 0.2) is 0 Å². The number of rotatable bonds is 3. The smallest absolute Gasteiger partial charge is 0.241 e. The van der Waals surface area contributed by atoms with E-state index >= 15 is 0 Å². The van der Waals surface area contributed by atoms with Crippen LogP contribution < -0.4 is 10.5 Å². The van der Waals surface area contributed by atoms with E-state index < -0.39 is 16.2 Å². The fraction of sp³-hybridized carbons (Fsp3) is 0.167. The third-order valence-corrected chi connectivity index (χ3v) is 3.93. The van der Waals surface area contributed by atoms with Crippen molar-refractivity contribution in [3.05, 3.63) is 42.5 Å². The van der Waals surface area contributed by atoms with Crippen molar-refractivity contribution in [3.8, 4) is 0 Å². The lowest BCUT2D eigenvalue weighted by Crippen LogP contribution is -2.38. The van der Waals surface area contributed by atoms with E-state index in [0.717, 1.165) is 10.8 Å². The van der Waals surface area contributed by atoms with Crippen LogP contribution in [0.1, 0.15) is 6.92 Å². The standard InChI is InChI=1S/C12H14N2O2S/c1-9(13)14-17(15,16)12-7-6-10-4-2-3-5-11(10)8-12/h2-9,14H,13H2,1H3. The Hall–Kier alpha value is -1.43. The maximum absolute atomic E-state index is 11.9. The summed E-state index contributed by atoms with van der Waals surface area (Å²) in [5, 5.41) is 1.90. The molecule has 3 N–H and O–H groups in total. The van der Waals surface area contributed by atoms with E-state index in [0.29, 0.717) is 0 Å². The molecule has 0 saturated heterocycles. The van der Waals surface area contributed by atoms with E-state index in [1.54, 1.807) is 25.1 Å². The van der Waals surface area contributed by atoms with Crippen LogP contribution in [0, 0.1) is 0 Å². The first-order valence-electron chi connectivity index (χ1n) is 5.26. The normalized spacial score (nSPS) is 13.8. The van der Waals surface area contributed by atoms with Crippen molar-refractivity contribution in [2.75, 3.05) is 0 Å². The second-order valence-electron chi connectivity index (χ2n) is 3.92. The third kappa shape index (κ3) is 2.63. The predicted octanol–water partition coefficient (Wildman–Crippen LogP) is 1.42. The third-order valence-electron chi connectivity index (χ3n) is 2.37. The van der Waals surface area contributed by atoms with Gasteiger partial charge < -0.3 is 5.73 Å². The number of hydrogen-bond donors (Lipinski definition) is 2. The Bertz CT molecular complexity index is 636. The zero-order valence-electron chi connectivity index (χ0n) is 9.42. The summed E-state index contributed by atoms with van der Waals surface area (Å²) in [7, 11) is -3.53. The maximum Gasteiger partial charge on any atom is 0.241 e. The number of hydrogen-bond acceptors (Lipinski definition) is 3. The van der Waals surface area contributed by atoms with Gasteiger partial charge in [0.25, 0.3) is 0 Å². The number of benzene rings is 2. The van der Waals surface area contributed by atoms with Crippen molar-refractivity contribution in [1.82, 2.24) is 4.72 Å². The molecule has 2 rings (SSSR count). The van der Waals surface area contributed by atoms with Crippen LogP contribution in [-0.2, 0) is 10.0 Å². The second-order valence-corrected chi connectivity index (χ2v) is 5.63. The topological polar surface area (TPSA) is 72.2 Å². The minimum absolute atomic E-state index is 0.230. The molecule has 0 aromatic heterocycles. The molecule has 0 spiro atoms. The van der Waals surface area contributed by atoms with Gasteiger partial charge in [-0.15, -0.1) is 0 Å². The molecule has 0 heterocycles. The van der Waals surface area contributed by atoms with Gasteiger partial charge in [-0.1, -0.05) is 30.3 Å². The molecule has 2 aromatic rings. The van der Waals surface area contributed by atoms with Gasteiger partial charge in [0, 0.05) is 0 Å². The SMILES string of the molecule is CC(N)NS(=O)(=O)c1ccc2ccccc2c1. The summed E-state index contributed by atoms with van der Waals surface area (Å²) in [4.78, 5) is 0.230. The van der Waals surface area contributed by atoms with Crippen molar-refractivity contribution < 1.29 is 8.42 Å². The Kier molecular flexibility index (Phi) is 3.15. The second kappa shape index (κ2) is 4.44. The van der Waals surface area contributed by atoms with Crippen molar-refractivity contribution in [2.45, 2.75) is 18.0 Å². The molecule has 2 aromatic carbocycles. The lowest BCUT2D eigenvalue weighted by molar-refractivity contribution is 0.565. The number of nitrogens with one attached hydrogen (secondary N) is 1. The molecule has 0 saturated carbocycles. The van der Waals surface area contributed by atoms with Crippen LogP contribution >= 0.6 is 0 Å². The van der Waals surface area contributed by atoms with Gasteiger partial charge in [-0.25, -0.2) is 8.42 Å². The molecule has 0 bridgehead atoms. The van der Waals surface area contributed by atoms with Gasteiger partial charge in [0.05, 0.1) is 11.1 Å². The van der Waals surface area contributed by atoms with Gasteiger partial charge in [0.1, 0.15) is 0 Å². The molecule has 0 radical (unpaired) electrons. The Morgan fingerprint density at radius 1 is 1.12 bits per heavy atom. The molecule has 5 heteroatoms. The lowest BCUT2D eigenvalue weighted by Gasteiger charge is -2.10. The molecule has 0 amide bonds. The van der Waals surface area contributed by atoms with E-state index in [2.05, 4.69) is 4.72 Å². The van der Waals surface area contributed by atoms with Crippen LogP contribution in [0.15, 0.2) is 47.4 Å². The molecule has 4 nitrogen and oxygen atoms in total. The van der Waals surface area contributed by atoms with Gasteiger partial charge in [-0.05, 0) is 29.8 Å². The largest absolute Gasteiger partial charge is 0.315 e. The number of nitrogens with two attached hydrogens (primary N) is 1. The maximum atomic E-state index is 11.9. The Morgan fingerprint density at radius 2 is 1.76 bits per heavy atom. The Labute approximate surface area is 100 Å². The fourth-order valence-electron chi connectivity index (χ4n) is 1.65. The van der Waals surface area contributed by atoms with Gasteiger partial charge in [0.2, 0.25) is 10.0 Å². The zero-order valence-corrected chi connectivity index (χ0v) is 10.2. The summed E-state index contributed by atoms with van der Waals surface area (Å²) in [6.45, 7) is 1.58. The predicted molar refractivity (Wildman–Crippen MR) is 67.9 cm³/mol. The minimum atomic E-state index is -3.53. The highest BCUT2D eigenvalue weighted by Gasteiger charge is 2.15. The van der Waals surface area contributed by atoms with Crippen molar-refractivity contribution >= 4 is 20.8 Å². The van der Waals surface area contributed by atoms with E-state index in [4.69, 9.17) is 5.73 Å². The van der Waals surface area contributed by atoms with Crippen LogP contribution in [0.2, 0.25) is 0 Å². The van der Waals surface area contributed by atoms with Crippen LogP contribution in [0.4, 0.5) is 0 Å². The first-order valence-corrected chi connectivity index (χ1v) is 6.74. The highest BCUT2D eigenvalue weighted by molar-refractivity contribution is 7.89. The van der Waals surface area contributed by atoms with Gasteiger partial charge in [-0.3, -0.25) is 0 Å². The van der Waals surface area contributed by atoms with Gasteiger partial charge >= 0.3 is 0 Å². The van der Waals surface area contributed by atoms with Crippen molar-refractivity contribution in [1.29, 1.82) is 0 Å². The molecular formula is C12H14N2O2S. The molecular weight excluding hydrogens is 236 g/mol. The quantitative estimate of drug-likeness (QED) is 0.809. The molecule has 0 aliphatic heterocycles.